The first-order valence-electron chi connectivity index (χ1n) is 9.96. The molecule has 0 atom stereocenters. The van der Waals surface area contributed by atoms with Crippen molar-refractivity contribution in [2.24, 2.45) is 0 Å². The molecular weight excluding hydrogens is 340 g/mol. The molecule has 3 nitrogen and oxygen atoms in total. The Balaban J connectivity index is 1.56. The molecule has 26 heavy (non-hydrogen) atoms. The average molecular weight is 369 g/mol. The van der Waals surface area contributed by atoms with Crippen molar-refractivity contribution in [2.45, 2.75) is 77.3 Å². The lowest BCUT2D eigenvalue weighted by Gasteiger charge is -2.34. The van der Waals surface area contributed by atoms with Crippen molar-refractivity contribution in [1.82, 2.24) is 9.88 Å². The number of aromatic nitrogens is 1. The first-order valence-corrected chi connectivity index (χ1v) is 10.8. The monoisotopic (exact) mass is 368 g/mol. The molecule has 1 aromatic heterocycles. The molecule has 0 bridgehead atoms. The van der Waals surface area contributed by atoms with Crippen LogP contribution in [0.5, 0.6) is 0 Å². The summed E-state index contributed by atoms with van der Waals surface area (Å²) >= 11 is 1.68. The Morgan fingerprint density at radius 2 is 1.69 bits per heavy atom. The summed E-state index contributed by atoms with van der Waals surface area (Å²) in [5.74, 6) is 0.316. The number of hydrogen-bond donors (Lipinski definition) is 0. The van der Waals surface area contributed by atoms with Gasteiger partial charge >= 0.3 is 0 Å². The molecule has 2 aromatic rings. The lowest BCUT2D eigenvalue weighted by molar-refractivity contribution is -0.134. The predicted octanol–water partition coefficient (Wildman–Crippen LogP) is 5.29. The molecule has 2 aliphatic carbocycles. The highest BCUT2D eigenvalue weighted by molar-refractivity contribution is 7.12. The van der Waals surface area contributed by atoms with Crippen LogP contribution in [0, 0.1) is 13.8 Å². The summed E-state index contributed by atoms with van der Waals surface area (Å²) in [6, 6.07) is 9.46. The van der Waals surface area contributed by atoms with Crippen LogP contribution in [0.4, 0.5) is 0 Å². The molecule has 4 rings (SSSR count). The van der Waals surface area contributed by atoms with E-state index in [-0.39, 0.29) is 0 Å². The van der Waals surface area contributed by atoms with Gasteiger partial charge in [-0.1, -0.05) is 49.1 Å². The minimum atomic E-state index is 0.316. The molecule has 0 saturated heterocycles. The van der Waals surface area contributed by atoms with Crippen molar-refractivity contribution in [3.63, 3.8) is 0 Å². The molecular formula is C22H28N2OS. The zero-order valence-corrected chi connectivity index (χ0v) is 16.6. The Labute approximate surface area is 160 Å². The summed E-state index contributed by atoms with van der Waals surface area (Å²) in [7, 11) is 0. The fourth-order valence-electron chi connectivity index (χ4n) is 4.17. The van der Waals surface area contributed by atoms with Crippen LogP contribution in [0.15, 0.2) is 24.3 Å². The number of aryl methyl sites for hydroxylation is 2. The molecule has 0 aliphatic heterocycles. The quantitative estimate of drug-likeness (QED) is 0.718. The zero-order chi connectivity index (χ0) is 18.1. The van der Waals surface area contributed by atoms with E-state index in [2.05, 4.69) is 36.1 Å². The van der Waals surface area contributed by atoms with Crippen molar-refractivity contribution in [3.05, 3.63) is 39.7 Å². The fraction of sp³-hybridized carbons (Fsp3) is 0.545. The van der Waals surface area contributed by atoms with Gasteiger partial charge in [-0.15, -0.1) is 11.3 Å². The van der Waals surface area contributed by atoms with Gasteiger partial charge in [0.25, 0.3) is 0 Å². The number of carbonyl (C=O) groups excluding carboxylic acids is 1. The van der Waals surface area contributed by atoms with E-state index in [9.17, 15) is 4.79 Å². The minimum absolute atomic E-state index is 0.316. The van der Waals surface area contributed by atoms with Crippen LogP contribution in [-0.4, -0.2) is 27.9 Å². The van der Waals surface area contributed by atoms with Crippen LogP contribution >= 0.6 is 11.3 Å². The molecule has 1 aromatic carbocycles. The molecule has 0 unspecified atom stereocenters. The molecule has 138 valence electrons. The Bertz CT molecular complexity index is 770. The Kier molecular flexibility index (Phi) is 5.12. The molecule has 1 heterocycles. The minimum Gasteiger partial charge on any atom is -0.336 e. The number of amides is 1. The van der Waals surface area contributed by atoms with E-state index in [1.54, 1.807) is 11.3 Å². The molecule has 4 heteroatoms. The maximum atomic E-state index is 13.2. The second-order valence-electron chi connectivity index (χ2n) is 7.87. The largest absolute Gasteiger partial charge is 0.336 e. The zero-order valence-electron chi connectivity index (χ0n) is 15.8. The summed E-state index contributed by atoms with van der Waals surface area (Å²) in [5, 5.41) is 1.04. The van der Waals surface area contributed by atoms with Crippen LogP contribution < -0.4 is 0 Å². The van der Waals surface area contributed by atoms with Gasteiger partial charge in [0.05, 0.1) is 17.1 Å². The first-order chi connectivity index (χ1) is 12.6. The van der Waals surface area contributed by atoms with E-state index in [1.807, 2.05) is 6.92 Å². The SMILES string of the molecule is Cc1ccc(-c2nc(C)sc2CC(=O)N(C2CCCCC2)C2CC2)cc1. The van der Waals surface area contributed by atoms with Gasteiger partial charge in [0, 0.05) is 22.5 Å². The Morgan fingerprint density at radius 3 is 2.35 bits per heavy atom. The molecule has 1 amide bonds. The van der Waals surface area contributed by atoms with Crippen molar-refractivity contribution in [3.8, 4) is 11.3 Å². The van der Waals surface area contributed by atoms with Crippen molar-refractivity contribution < 1.29 is 4.79 Å². The second kappa shape index (κ2) is 7.51. The third-order valence-electron chi connectivity index (χ3n) is 5.64. The standard InChI is InChI=1S/C22H28N2OS/c1-15-8-10-17(11-9-15)22-20(26-16(2)23-22)14-21(25)24(19-12-13-19)18-6-4-3-5-7-18/h8-11,18-19H,3-7,12-14H2,1-2H3. The van der Waals surface area contributed by atoms with Crippen molar-refractivity contribution >= 4 is 17.2 Å². The topological polar surface area (TPSA) is 33.2 Å². The highest BCUT2D eigenvalue weighted by Crippen LogP contribution is 2.36. The van der Waals surface area contributed by atoms with E-state index in [0.717, 1.165) is 21.1 Å². The second-order valence-corrected chi connectivity index (χ2v) is 9.16. The molecule has 0 spiro atoms. The van der Waals surface area contributed by atoms with Crippen LogP contribution in [0.1, 0.15) is 60.4 Å². The summed E-state index contributed by atoms with van der Waals surface area (Å²) in [5.41, 5.74) is 3.37. The maximum absolute atomic E-state index is 13.2. The predicted molar refractivity (Wildman–Crippen MR) is 107 cm³/mol. The fourth-order valence-corrected chi connectivity index (χ4v) is 5.12. The summed E-state index contributed by atoms with van der Waals surface area (Å²) in [4.78, 5) is 21.4. The number of thiazole rings is 1. The summed E-state index contributed by atoms with van der Waals surface area (Å²) < 4.78 is 0. The summed E-state index contributed by atoms with van der Waals surface area (Å²) in [6.45, 7) is 4.13. The van der Waals surface area contributed by atoms with E-state index in [1.165, 1.54) is 50.5 Å². The number of nitrogens with zero attached hydrogens (tertiary/aromatic N) is 2. The molecule has 0 radical (unpaired) electrons. The number of carbonyl (C=O) groups is 1. The van der Waals surface area contributed by atoms with Gasteiger partial charge in [0.2, 0.25) is 5.91 Å². The van der Waals surface area contributed by atoms with Crippen molar-refractivity contribution in [1.29, 1.82) is 0 Å². The number of rotatable bonds is 5. The highest BCUT2D eigenvalue weighted by atomic mass is 32.1. The van der Waals surface area contributed by atoms with E-state index in [4.69, 9.17) is 4.98 Å². The van der Waals surface area contributed by atoms with Crippen LogP contribution in [0.2, 0.25) is 0 Å². The van der Waals surface area contributed by atoms with Gasteiger partial charge in [-0.2, -0.15) is 0 Å². The lowest BCUT2D eigenvalue weighted by Crippen LogP contribution is -2.43. The Morgan fingerprint density at radius 1 is 1.04 bits per heavy atom. The lowest BCUT2D eigenvalue weighted by atomic mass is 9.93. The average Bonchev–Trinajstić information content (AvgIpc) is 3.39. The van der Waals surface area contributed by atoms with Gasteiger partial charge in [0.1, 0.15) is 0 Å². The van der Waals surface area contributed by atoms with Crippen molar-refractivity contribution in [2.75, 3.05) is 0 Å². The van der Waals surface area contributed by atoms with Gasteiger partial charge in [-0.3, -0.25) is 4.79 Å². The van der Waals surface area contributed by atoms with E-state index in [0.29, 0.717) is 24.4 Å². The third-order valence-corrected chi connectivity index (χ3v) is 6.61. The maximum Gasteiger partial charge on any atom is 0.228 e. The van der Waals surface area contributed by atoms with Gasteiger partial charge in [-0.25, -0.2) is 4.98 Å². The normalized spacial score (nSPS) is 18.1. The van der Waals surface area contributed by atoms with Crippen LogP contribution in [-0.2, 0) is 11.2 Å². The van der Waals surface area contributed by atoms with Gasteiger partial charge in [0.15, 0.2) is 0 Å². The van der Waals surface area contributed by atoms with Crippen LogP contribution in [0.3, 0.4) is 0 Å². The summed E-state index contributed by atoms with van der Waals surface area (Å²) in [6.07, 6.45) is 9.13. The molecule has 2 aliphatic rings. The van der Waals surface area contributed by atoms with E-state index >= 15 is 0 Å². The van der Waals surface area contributed by atoms with Gasteiger partial charge < -0.3 is 4.90 Å². The van der Waals surface area contributed by atoms with Gasteiger partial charge in [-0.05, 0) is 39.5 Å². The van der Waals surface area contributed by atoms with Crippen LogP contribution in [0.25, 0.3) is 11.3 Å². The third kappa shape index (κ3) is 3.85. The number of benzene rings is 1. The molecule has 2 saturated carbocycles. The highest BCUT2D eigenvalue weighted by Gasteiger charge is 2.37. The van der Waals surface area contributed by atoms with E-state index < -0.39 is 0 Å². The molecule has 2 fully saturated rings. The molecule has 0 N–H and O–H groups in total. The smallest absolute Gasteiger partial charge is 0.228 e. The number of hydrogen-bond acceptors (Lipinski definition) is 3. The first kappa shape index (κ1) is 17.7. The Hall–Kier alpha value is -1.68.